The van der Waals surface area contributed by atoms with Crippen LogP contribution in [-0.2, 0) is 0 Å². The van der Waals surface area contributed by atoms with E-state index in [9.17, 15) is 11.0 Å². The molecule has 0 radical (unpaired) electrons. The lowest BCUT2D eigenvalue weighted by atomic mass is 9.93. The quantitative estimate of drug-likeness (QED) is 0.174. The Morgan fingerprint density at radius 1 is 0.375 bits per heavy atom. The maximum atomic E-state index is 9.51. The lowest BCUT2D eigenvalue weighted by Crippen LogP contribution is -2.08. The second-order valence-electron chi connectivity index (χ2n) is 15.3. The van der Waals surface area contributed by atoms with Crippen molar-refractivity contribution in [3.8, 4) is 39.8 Å². The molecule has 9 aromatic carbocycles. The van der Waals surface area contributed by atoms with Crippen LogP contribution < -0.4 is 0 Å². The standard InChI is InChI=1S/C58H35N5O/c1-8-26-45-36(17-1)37-18-2-9-27-46(37)61(45)51-32-15-24-43(42-25-16-34-53-56(42)44-23-7-14-33-52(44)64-53)57(51)58-59-54(62-47-28-10-3-19-38(47)39-20-4-11-29-48(39)62)35-55(60-58)63-49-30-12-5-21-40(49)41-22-6-13-31-50(41)63/h1-35H/i3D,4D,5D,6D,10D,11D,12D,13D,19D,20D,21D,22D,28D,29D,30D,31D. The second-order valence-corrected chi connectivity index (χ2v) is 15.3. The molecule has 0 aliphatic heterocycles. The van der Waals surface area contributed by atoms with Crippen molar-refractivity contribution in [2.24, 2.45) is 0 Å². The van der Waals surface area contributed by atoms with Crippen LogP contribution in [0.5, 0.6) is 0 Å². The van der Waals surface area contributed by atoms with E-state index in [2.05, 4.69) is 0 Å². The molecule has 0 fully saturated rings. The largest absolute Gasteiger partial charge is 0.456 e. The van der Waals surface area contributed by atoms with Gasteiger partial charge in [0.15, 0.2) is 5.82 Å². The molecule has 6 nitrogen and oxygen atoms in total. The van der Waals surface area contributed by atoms with Crippen LogP contribution in [0, 0.1) is 0 Å². The van der Waals surface area contributed by atoms with Gasteiger partial charge in [0, 0.05) is 49.2 Å². The third-order valence-corrected chi connectivity index (χ3v) is 12.0. The number of furan rings is 1. The molecular formula is C58H35N5O. The third kappa shape index (κ3) is 4.90. The van der Waals surface area contributed by atoms with Gasteiger partial charge in [0.05, 0.1) is 66.3 Å². The zero-order valence-electron chi connectivity index (χ0n) is 49.1. The van der Waals surface area contributed by atoms with Gasteiger partial charge in [-0.15, -0.1) is 0 Å². The molecule has 0 N–H and O–H groups in total. The zero-order chi connectivity index (χ0) is 55.8. The Hall–Kier alpha value is -8.74. The molecule has 0 saturated carbocycles. The summed E-state index contributed by atoms with van der Waals surface area (Å²) in [5, 5.41) is 2.33. The van der Waals surface area contributed by atoms with Crippen molar-refractivity contribution in [2.45, 2.75) is 0 Å². The molecule has 5 heterocycles. The van der Waals surface area contributed by atoms with Crippen LogP contribution in [0.3, 0.4) is 0 Å². The molecule has 0 aliphatic rings. The lowest BCUT2D eigenvalue weighted by Gasteiger charge is -2.20. The summed E-state index contributed by atoms with van der Waals surface area (Å²) in [4.78, 5) is 10.7. The van der Waals surface area contributed by atoms with Crippen molar-refractivity contribution < 1.29 is 26.3 Å². The molecular weight excluding hydrogens is 783 g/mol. The Balaban J connectivity index is 1.26. The van der Waals surface area contributed by atoms with E-state index in [1.54, 1.807) is 0 Å². The zero-order valence-corrected chi connectivity index (χ0v) is 33.1. The van der Waals surface area contributed by atoms with Gasteiger partial charge in [-0.1, -0.05) is 151 Å². The van der Waals surface area contributed by atoms with Gasteiger partial charge < -0.3 is 8.98 Å². The molecule has 0 unspecified atom stereocenters. The highest BCUT2D eigenvalue weighted by Gasteiger charge is 2.26. The van der Waals surface area contributed by atoms with Crippen molar-refractivity contribution in [3.05, 3.63) is 212 Å². The Bertz CT molecular complexity index is 4790. The van der Waals surface area contributed by atoms with E-state index >= 15 is 0 Å². The van der Waals surface area contributed by atoms with Crippen LogP contribution in [0.4, 0.5) is 0 Å². The van der Waals surface area contributed by atoms with Crippen molar-refractivity contribution in [3.63, 3.8) is 0 Å². The molecule has 0 bridgehead atoms. The van der Waals surface area contributed by atoms with Crippen molar-refractivity contribution in [2.75, 3.05) is 0 Å². The summed E-state index contributed by atoms with van der Waals surface area (Å²) in [5.74, 6) is -0.651. The van der Waals surface area contributed by atoms with Gasteiger partial charge in [0.1, 0.15) is 22.8 Å². The number of rotatable bonds is 5. The molecule has 5 aromatic heterocycles. The smallest absolute Gasteiger partial charge is 0.166 e. The van der Waals surface area contributed by atoms with E-state index in [0.717, 1.165) is 32.6 Å². The number of nitrogens with zero attached hydrogens (tertiary/aromatic N) is 5. The molecule has 14 aromatic rings. The maximum absolute atomic E-state index is 9.51. The topological polar surface area (TPSA) is 53.7 Å². The van der Waals surface area contributed by atoms with Gasteiger partial charge in [-0.2, -0.15) is 0 Å². The van der Waals surface area contributed by atoms with Gasteiger partial charge >= 0.3 is 0 Å². The molecule has 64 heavy (non-hydrogen) atoms. The number of para-hydroxylation sites is 7. The summed E-state index contributed by atoms with van der Waals surface area (Å²) < 4.78 is 157. The molecule has 0 saturated heterocycles. The SMILES string of the molecule is [2H]c1c([2H])c([2H])c2c(c1[2H])c1c([2H])c([2H])c([2H])c([2H])c1n2-c1cc(-n2c3c([2H])c([2H])c([2H])c([2H])c3c3c([2H])c([2H])c([2H])c([2H])c32)nc(-c2c(-c3cccc4oc5ccccc5c34)cccc2-n2c3ccccc3c3ccccc32)n1. The lowest BCUT2D eigenvalue weighted by molar-refractivity contribution is 0.669. The molecule has 0 aliphatic carbocycles. The van der Waals surface area contributed by atoms with Crippen molar-refractivity contribution >= 4 is 87.4 Å². The average molecular weight is 834 g/mol. The average Bonchev–Trinajstić information content (AvgIpc) is 4.37. The van der Waals surface area contributed by atoms with Crippen molar-refractivity contribution in [1.82, 2.24) is 23.7 Å². The molecule has 14 rings (SSSR count). The minimum Gasteiger partial charge on any atom is -0.456 e. The molecule has 0 atom stereocenters. The van der Waals surface area contributed by atoms with Gasteiger partial charge in [-0.05, 0) is 65.6 Å². The summed E-state index contributed by atoms with van der Waals surface area (Å²) in [6.45, 7) is 0. The summed E-state index contributed by atoms with van der Waals surface area (Å²) in [5.41, 5.74) is 3.58. The highest BCUT2D eigenvalue weighted by molar-refractivity contribution is 6.15. The first-order valence-corrected chi connectivity index (χ1v) is 20.4. The third-order valence-electron chi connectivity index (χ3n) is 12.0. The minimum absolute atomic E-state index is 0.136. The van der Waals surface area contributed by atoms with E-state index in [1.165, 1.54) is 15.2 Å². The van der Waals surface area contributed by atoms with Gasteiger partial charge in [0.2, 0.25) is 0 Å². The van der Waals surface area contributed by atoms with Crippen LogP contribution in [0.2, 0.25) is 0 Å². The predicted molar refractivity (Wildman–Crippen MR) is 263 cm³/mol. The number of benzene rings is 9. The van der Waals surface area contributed by atoms with Crippen LogP contribution in [0.15, 0.2) is 216 Å². The van der Waals surface area contributed by atoms with Gasteiger partial charge in [0.25, 0.3) is 0 Å². The highest BCUT2D eigenvalue weighted by atomic mass is 16.3. The fraction of sp³-hybridized carbons (Fsp3) is 0. The Morgan fingerprint density at radius 2 is 0.828 bits per heavy atom. The number of aromatic nitrogens is 5. The fourth-order valence-corrected chi connectivity index (χ4v) is 9.43. The highest BCUT2D eigenvalue weighted by Crippen LogP contribution is 2.45. The maximum Gasteiger partial charge on any atom is 0.166 e. The summed E-state index contributed by atoms with van der Waals surface area (Å²) in [6.07, 6.45) is 0. The first-order valence-electron chi connectivity index (χ1n) is 28.4. The minimum atomic E-state index is -0.690. The summed E-state index contributed by atoms with van der Waals surface area (Å²) >= 11 is 0. The Morgan fingerprint density at radius 3 is 1.39 bits per heavy atom. The normalized spacial score (nSPS) is 15.6. The summed E-state index contributed by atoms with van der Waals surface area (Å²) in [6, 6.07) is 25.4. The molecule has 0 amide bonds. The van der Waals surface area contributed by atoms with E-state index in [1.807, 2.05) is 114 Å². The van der Waals surface area contributed by atoms with Gasteiger partial charge in [-0.3, -0.25) is 9.13 Å². The molecule has 0 spiro atoms. The first kappa shape index (κ1) is 22.9. The first-order chi connectivity index (χ1) is 38.4. The van der Waals surface area contributed by atoms with Crippen LogP contribution >= 0.6 is 0 Å². The van der Waals surface area contributed by atoms with Crippen LogP contribution in [0.25, 0.3) is 127 Å². The fourth-order valence-electron chi connectivity index (χ4n) is 9.43. The Kier molecular flexibility index (Phi) is 4.79. The van der Waals surface area contributed by atoms with Crippen molar-refractivity contribution in [1.29, 1.82) is 0 Å². The number of hydrogen-bond acceptors (Lipinski definition) is 3. The van der Waals surface area contributed by atoms with Crippen LogP contribution in [-0.4, -0.2) is 23.7 Å². The molecule has 6 heteroatoms. The van der Waals surface area contributed by atoms with Gasteiger partial charge in [-0.25, -0.2) is 9.97 Å². The van der Waals surface area contributed by atoms with E-state index in [-0.39, 0.29) is 61.1 Å². The monoisotopic (exact) mass is 833 g/mol. The van der Waals surface area contributed by atoms with E-state index in [4.69, 9.17) is 25.4 Å². The van der Waals surface area contributed by atoms with E-state index in [0.29, 0.717) is 33.5 Å². The Labute approximate surface area is 388 Å². The van der Waals surface area contributed by atoms with Crippen LogP contribution in [0.1, 0.15) is 21.9 Å². The number of hydrogen-bond donors (Lipinski definition) is 0. The molecule has 298 valence electrons. The van der Waals surface area contributed by atoms with E-state index < -0.39 is 96.7 Å². The summed E-state index contributed by atoms with van der Waals surface area (Å²) in [7, 11) is 0. The predicted octanol–water partition coefficient (Wildman–Crippen LogP) is 15.0. The second kappa shape index (κ2) is 13.4. The number of fused-ring (bicyclic) bond motifs is 12.